The maximum Gasteiger partial charge on any atom is 0.472 e. The number of fused-ring (bicyclic) bond motifs is 5. The van der Waals surface area contributed by atoms with E-state index in [0.717, 1.165) is 6.33 Å². The predicted octanol–water partition coefficient (Wildman–Crippen LogP) is 0.298. The van der Waals surface area contributed by atoms with Crippen LogP contribution in [-0.2, 0) is 36.7 Å². The van der Waals surface area contributed by atoms with Gasteiger partial charge in [0.25, 0.3) is 0 Å². The average Bonchev–Trinajstić information content (AvgIpc) is 3.73. The lowest BCUT2D eigenvalue weighted by Crippen LogP contribution is -2.34. The summed E-state index contributed by atoms with van der Waals surface area (Å²) < 4.78 is 94.4. The number of halogens is 2. The number of anilines is 2. The van der Waals surface area contributed by atoms with Crippen LogP contribution in [-0.4, -0.2) is 96.5 Å². The fourth-order valence-corrected chi connectivity index (χ4v) is 6.86. The molecule has 3 aliphatic heterocycles. The minimum Gasteiger partial charge on any atom is -0.397 e. The lowest BCUT2D eigenvalue weighted by atomic mass is 10.1. The topological polar surface area (TPSA) is 236 Å². The molecule has 5 N–H and O–H groups in total. The standard InChI is InChI=1S/C21H25BF2N9O9P2/c22-43(34)37-4-10-15(12(24)20(40-10)32-7-31-14-17(26)28-5-29-19(14)32)42-44(35,36)38-3-9-11(23)16(41-43)21(39-9)33-6-30-13-8(25)1-2-27-18(13)33/h1-2,5-7,9-12,15-16,20-21H,3-4H2,22H3,(H2,25,27)(H,35,36)(H2,26,28,29)/q-1/t9-,10-,11?,12-,15-,16-,20-,21-,43?/m1/s1. The Morgan fingerprint density at radius 2 is 1.55 bits per heavy atom. The van der Waals surface area contributed by atoms with Gasteiger partial charge in [0.15, 0.2) is 41.9 Å². The maximum atomic E-state index is 15.9. The number of nitrogen functional groups attached to an aromatic ring is 2. The van der Waals surface area contributed by atoms with Crippen molar-refractivity contribution in [3.8, 4) is 0 Å². The van der Waals surface area contributed by atoms with Crippen molar-refractivity contribution in [3.63, 3.8) is 0 Å². The number of aromatic nitrogens is 7. The first-order valence-electron chi connectivity index (χ1n) is 12.6. The fourth-order valence-electron chi connectivity index (χ4n) is 5.16. The molecule has 10 atom stereocenters. The van der Waals surface area contributed by atoms with Gasteiger partial charge in [-0.2, -0.15) is 0 Å². The molecule has 0 aromatic carbocycles. The summed E-state index contributed by atoms with van der Waals surface area (Å²) in [6.45, 7) is -1.41. The first-order chi connectivity index (χ1) is 20.9. The van der Waals surface area contributed by atoms with Crippen LogP contribution < -0.4 is 11.5 Å². The summed E-state index contributed by atoms with van der Waals surface area (Å²) in [5.41, 5.74) is 13.0. The van der Waals surface area contributed by atoms with E-state index in [1.165, 1.54) is 34.1 Å². The highest BCUT2D eigenvalue weighted by molar-refractivity contribution is 7.79. The third-order valence-corrected chi connectivity index (χ3v) is 8.93. The summed E-state index contributed by atoms with van der Waals surface area (Å²) in [5.74, 6) is 0.0415. The summed E-state index contributed by atoms with van der Waals surface area (Å²) >= 11 is 0. The van der Waals surface area contributed by atoms with E-state index in [-0.39, 0.29) is 22.6 Å². The molecule has 44 heavy (non-hydrogen) atoms. The molecule has 4 aromatic heterocycles. The van der Waals surface area contributed by atoms with E-state index < -0.39 is 85.3 Å². The molecule has 23 heteroatoms. The molecule has 18 nitrogen and oxygen atoms in total. The Bertz CT molecular complexity index is 1840. The molecule has 0 radical (unpaired) electrons. The van der Waals surface area contributed by atoms with Crippen molar-refractivity contribution in [1.29, 1.82) is 0 Å². The molecular weight excluding hydrogens is 633 g/mol. The Morgan fingerprint density at radius 3 is 2.34 bits per heavy atom. The third kappa shape index (κ3) is 5.07. The van der Waals surface area contributed by atoms with Crippen LogP contribution in [0.2, 0.25) is 0 Å². The number of phosphoric ester groups is 1. The smallest absolute Gasteiger partial charge is 0.397 e. The lowest BCUT2D eigenvalue weighted by molar-refractivity contribution is -0.0613. The molecule has 3 unspecified atom stereocenters. The van der Waals surface area contributed by atoms with Gasteiger partial charge in [-0.05, 0) is 6.07 Å². The molecule has 2 bridgehead atoms. The summed E-state index contributed by atoms with van der Waals surface area (Å²) in [4.78, 5) is 31.0. The second-order valence-corrected chi connectivity index (χ2v) is 12.1. The van der Waals surface area contributed by atoms with Crippen LogP contribution in [0, 0.1) is 0 Å². The molecule has 3 aliphatic rings. The summed E-state index contributed by atoms with van der Waals surface area (Å²) in [5, 5.41) is 0. The number of nitrogens with two attached hydrogens (primary N) is 2. The Morgan fingerprint density at radius 1 is 0.864 bits per heavy atom. The van der Waals surface area contributed by atoms with Gasteiger partial charge in [-0.1, -0.05) is 0 Å². The minimum atomic E-state index is -5.07. The zero-order valence-corrected chi connectivity index (χ0v) is 23.4. The molecule has 3 fully saturated rings. The highest BCUT2D eigenvalue weighted by atomic mass is 31.2. The second kappa shape index (κ2) is 10.7. The van der Waals surface area contributed by atoms with E-state index in [2.05, 4.69) is 24.9 Å². The number of rotatable bonds is 2. The van der Waals surface area contributed by atoms with Crippen LogP contribution in [0.25, 0.3) is 22.3 Å². The maximum absolute atomic E-state index is 15.9. The summed E-state index contributed by atoms with van der Waals surface area (Å²) in [7, 11) is -10.3. The van der Waals surface area contributed by atoms with Gasteiger partial charge in [0.05, 0.1) is 39.1 Å². The summed E-state index contributed by atoms with van der Waals surface area (Å²) in [6.07, 6.45) is -7.95. The number of hydrogen-bond acceptors (Lipinski definition) is 15. The molecule has 4 aromatic rings. The minimum absolute atomic E-state index is 0.0415. The molecule has 7 rings (SSSR count). The zero-order valence-electron chi connectivity index (χ0n) is 21.6. The van der Waals surface area contributed by atoms with Crippen molar-refractivity contribution in [2.75, 3.05) is 24.7 Å². The molecule has 0 spiro atoms. The van der Waals surface area contributed by atoms with E-state index in [1.807, 2.05) is 0 Å². The number of nitrogens with zero attached hydrogens (tertiary/aromatic N) is 7. The number of hydrogen-bond donors (Lipinski definition) is 3. The van der Waals surface area contributed by atoms with Crippen molar-refractivity contribution in [2.24, 2.45) is 0 Å². The normalized spacial score (nSPS) is 38.3. The van der Waals surface area contributed by atoms with Crippen LogP contribution >= 0.6 is 15.3 Å². The van der Waals surface area contributed by atoms with Gasteiger partial charge >= 0.3 is 7.82 Å². The van der Waals surface area contributed by atoms with Crippen LogP contribution in [0.4, 0.5) is 20.3 Å². The molecule has 3 saturated heterocycles. The molecular formula is C21H25BF2N9O9P2-. The van der Waals surface area contributed by atoms with Crippen LogP contribution in [0.15, 0.2) is 31.2 Å². The first kappa shape index (κ1) is 29.6. The Labute approximate surface area is 246 Å². The van der Waals surface area contributed by atoms with Gasteiger partial charge in [0.1, 0.15) is 49.3 Å². The number of ether oxygens (including phenoxy) is 2. The lowest BCUT2D eigenvalue weighted by Gasteiger charge is -2.29. The van der Waals surface area contributed by atoms with Crippen LogP contribution in [0.3, 0.4) is 0 Å². The van der Waals surface area contributed by atoms with Crippen molar-refractivity contribution in [2.45, 2.75) is 49.2 Å². The van der Waals surface area contributed by atoms with Crippen molar-refractivity contribution >= 4 is 56.7 Å². The van der Waals surface area contributed by atoms with Gasteiger partial charge in [0, 0.05) is 6.20 Å². The van der Waals surface area contributed by atoms with E-state index >= 15 is 8.78 Å². The van der Waals surface area contributed by atoms with Crippen molar-refractivity contribution in [1.82, 2.24) is 34.1 Å². The number of phosphoric acid groups is 1. The molecule has 0 aliphatic carbocycles. The molecule has 236 valence electrons. The third-order valence-electron chi connectivity index (χ3n) is 7.17. The molecule has 7 heterocycles. The Hall–Kier alpha value is -3.13. The van der Waals surface area contributed by atoms with Gasteiger partial charge in [0.2, 0.25) is 0 Å². The molecule has 0 saturated carbocycles. The Balaban J connectivity index is 1.20. The van der Waals surface area contributed by atoms with Crippen LogP contribution in [0.5, 0.6) is 0 Å². The second-order valence-electron chi connectivity index (χ2n) is 9.75. The monoisotopic (exact) mass is 658 g/mol. The van der Waals surface area contributed by atoms with E-state index in [0.29, 0.717) is 11.2 Å². The van der Waals surface area contributed by atoms with E-state index in [9.17, 15) is 14.0 Å². The zero-order chi connectivity index (χ0) is 31.0. The van der Waals surface area contributed by atoms with E-state index in [1.54, 1.807) is 0 Å². The predicted molar refractivity (Wildman–Crippen MR) is 148 cm³/mol. The fraction of sp³-hybridized carbons (Fsp3) is 0.476. The Kier molecular flexibility index (Phi) is 7.23. The average molecular weight is 658 g/mol. The van der Waals surface area contributed by atoms with Gasteiger partial charge in [-0.25, -0.2) is 38.3 Å². The number of pyridine rings is 1. The highest BCUT2D eigenvalue weighted by Gasteiger charge is 2.54. The largest absolute Gasteiger partial charge is 0.472 e. The number of imidazole rings is 2. The van der Waals surface area contributed by atoms with E-state index in [4.69, 9.17) is 39.0 Å². The SMILES string of the molecule is [BH3-]P1(=O)OC[C@H]2O[C@@H](n3cnc4c(N)ncnc43)[C@H](F)[C@@H]2OP(=O)(O)OC[C@H]2O[C@@H](n3cnc4c(N)ccnc43)[C@H](O1)C2F. The summed E-state index contributed by atoms with van der Waals surface area (Å²) in [6, 6.07) is 1.53. The quantitative estimate of drug-likeness (QED) is 0.194. The van der Waals surface area contributed by atoms with Gasteiger partial charge in [-0.15, -0.1) is 0 Å². The van der Waals surface area contributed by atoms with Gasteiger partial charge in [-0.3, -0.25) is 18.2 Å². The molecule has 0 amide bonds. The first-order valence-corrected chi connectivity index (χ1v) is 15.2. The van der Waals surface area contributed by atoms with Crippen molar-refractivity contribution in [3.05, 3.63) is 31.2 Å². The van der Waals surface area contributed by atoms with Gasteiger partial charge < -0.3 is 39.4 Å². The van der Waals surface area contributed by atoms with Crippen molar-refractivity contribution < 1.29 is 50.4 Å². The highest BCUT2D eigenvalue weighted by Crippen LogP contribution is 2.54. The van der Waals surface area contributed by atoms with Crippen LogP contribution in [0.1, 0.15) is 12.5 Å². The number of alkyl halides is 2.